The molecule has 2 nitrogen and oxygen atoms in total. The van der Waals surface area contributed by atoms with Crippen molar-refractivity contribution in [3.05, 3.63) is 28.8 Å². The van der Waals surface area contributed by atoms with Gasteiger partial charge in [-0.05, 0) is 56.1 Å². The summed E-state index contributed by atoms with van der Waals surface area (Å²) in [6.45, 7) is 5.09. The van der Waals surface area contributed by atoms with Crippen LogP contribution in [0.15, 0.2) is 12.1 Å². The van der Waals surface area contributed by atoms with Gasteiger partial charge in [-0.1, -0.05) is 13.0 Å². The first-order valence-electron chi connectivity index (χ1n) is 5.15. The first kappa shape index (κ1) is 11.1. The highest BCUT2D eigenvalue weighted by atomic mass is 16.3. The van der Waals surface area contributed by atoms with Crippen molar-refractivity contribution in [2.24, 2.45) is 0 Å². The maximum Gasteiger partial charge on any atom is 0.119 e. The molecule has 0 aromatic heterocycles. The van der Waals surface area contributed by atoms with Gasteiger partial charge in [0.2, 0.25) is 0 Å². The fraction of sp³-hybridized carbons (Fsp3) is 0.500. The van der Waals surface area contributed by atoms with Gasteiger partial charge >= 0.3 is 0 Å². The third-order valence-electron chi connectivity index (χ3n) is 2.56. The normalized spacial score (nSPS) is 10.5. The minimum Gasteiger partial charge on any atom is -0.508 e. The van der Waals surface area contributed by atoms with E-state index in [-0.39, 0.29) is 0 Å². The highest BCUT2D eigenvalue weighted by Gasteiger charge is 2.04. The molecule has 0 bridgehead atoms. The van der Waals surface area contributed by atoms with Crippen LogP contribution in [0.1, 0.15) is 23.6 Å². The maximum absolute atomic E-state index is 9.63. The Labute approximate surface area is 86.0 Å². The number of benzene rings is 1. The number of aryl methyl sites for hydroxylation is 2. The number of likely N-dealkylation sites (N-methyl/N-ethyl adjacent to an activating group) is 1. The van der Waals surface area contributed by atoms with Gasteiger partial charge in [-0.15, -0.1) is 0 Å². The fourth-order valence-electron chi connectivity index (χ4n) is 1.60. The minimum atomic E-state index is 0.429. The van der Waals surface area contributed by atoms with Crippen LogP contribution in [0.3, 0.4) is 0 Å². The van der Waals surface area contributed by atoms with Crippen molar-refractivity contribution in [2.45, 2.75) is 26.7 Å². The van der Waals surface area contributed by atoms with Crippen LogP contribution in [-0.2, 0) is 12.8 Å². The molecule has 0 saturated heterocycles. The number of phenols is 1. The summed E-state index contributed by atoms with van der Waals surface area (Å²) in [5.74, 6) is 0.429. The third-order valence-corrected chi connectivity index (χ3v) is 2.56. The smallest absolute Gasteiger partial charge is 0.119 e. The van der Waals surface area contributed by atoms with Gasteiger partial charge in [0.1, 0.15) is 5.75 Å². The standard InChI is InChI=1S/C12H19NO/c1-4-10-8-11(5-6-13-3)9(2)7-12(10)14/h7-8,13-14H,4-6H2,1-3H3. The van der Waals surface area contributed by atoms with E-state index in [0.717, 1.165) is 24.9 Å². The molecule has 0 fully saturated rings. The van der Waals surface area contributed by atoms with Gasteiger partial charge in [0.05, 0.1) is 0 Å². The number of hydrogen-bond acceptors (Lipinski definition) is 2. The zero-order valence-corrected chi connectivity index (χ0v) is 9.22. The second kappa shape index (κ2) is 5.01. The van der Waals surface area contributed by atoms with Gasteiger partial charge in [0.15, 0.2) is 0 Å². The largest absolute Gasteiger partial charge is 0.508 e. The van der Waals surface area contributed by atoms with Crippen LogP contribution in [0.25, 0.3) is 0 Å². The molecular weight excluding hydrogens is 174 g/mol. The summed E-state index contributed by atoms with van der Waals surface area (Å²) in [5.41, 5.74) is 3.55. The van der Waals surface area contributed by atoms with Gasteiger partial charge in [-0.2, -0.15) is 0 Å². The molecule has 14 heavy (non-hydrogen) atoms. The molecule has 0 heterocycles. The van der Waals surface area contributed by atoms with E-state index in [1.165, 1.54) is 11.1 Å². The molecule has 0 aliphatic rings. The summed E-state index contributed by atoms with van der Waals surface area (Å²) in [6, 6.07) is 3.98. The average molecular weight is 193 g/mol. The Hall–Kier alpha value is -1.02. The number of nitrogens with one attached hydrogen (secondary N) is 1. The molecule has 1 rings (SSSR count). The van der Waals surface area contributed by atoms with Crippen molar-refractivity contribution in [1.29, 1.82) is 0 Å². The first-order valence-corrected chi connectivity index (χ1v) is 5.15. The Bertz CT molecular complexity index is 307. The summed E-state index contributed by atoms with van der Waals surface area (Å²) >= 11 is 0. The molecule has 0 spiro atoms. The molecule has 2 heteroatoms. The van der Waals surface area contributed by atoms with Gasteiger partial charge in [0.25, 0.3) is 0 Å². The summed E-state index contributed by atoms with van der Waals surface area (Å²) in [5, 5.41) is 12.8. The van der Waals surface area contributed by atoms with Gasteiger partial charge in [0, 0.05) is 0 Å². The highest BCUT2D eigenvalue weighted by molar-refractivity contribution is 5.41. The van der Waals surface area contributed by atoms with Gasteiger partial charge in [-0.3, -0.25) is 0 Å². The molecule has 0 atom stereocenters. The third kappa shape index (κ3) is 2.48. The van der Waals surface area contributed by atoms with E-state index in [9.17, 15) is 5.11 Å². The van der Waals surface area contributed by atoms with E-state index >= 15 is 0 Å². The van der Waals surface area contributed by atoms with Crippen LogP contribution in [0, 0.1) is 6.92 Å². The molecule has 1 aromatic carbocycles. The predicted octanol–water partition coefficient (Wildman–Crippen LogP) is 2.02. The predicted molar refractivity (Wildman–Crippen MR) is 59.9 cm³/mol. The van der Waals surface area contributed by atoms with Crippen LogP contribution < -0.4 is 5.32 Å². The van der Waals surface area contributed by atoms with E-state index < -0.39 is 0 Å². The van der Waals surface area contributed by atoms with Crippen molar-refractivity contribution in [3.8, 4) is 5.75 Å². The number of aromatic hydroxyl groups is 1. The SMILES string of the molecule is CCc1cc(CCNC)c(C)cc1O. The first-order chi connectivity index (χ1) is 6.69. The maximum atomic E-state index is 9.63. The van der Waals surface area contributed by atoms with Crippen molar-refractivity contribution in [2.75, 3.05) is 13.6 Å². The summed E-state index contributed by atoms with van der Waals surface area (Å²) < 4.78 is 0. The lowest BCUT2D eigenvalue weighted by molar-refractivity contribution is 0.468. The Morgan fingerprint density at radius 2 is 2.00 bits per heavy atom. The molecule has 0 saturated carbocycles. The van der Waals surface area contributed by atoms with Crippen LogP contribution >= 0.6 is 0 Å². The number of phenolic OH excluding ortho intramolecular Hbond substituents is 1. The molecule has 0 aliphatic heterocycles. The summed E-state index contributed by atoms with van der Waals surface area (Å²) in [4.78, 5) is 0. The quantitative estimate of drug-likeness (QED) is 0.767. The van der Waals surface area contributed by atoms with Crippen molar-refractivity contribution in [1.82, 2.24) is 5.32 Å². The topological polar surface area (TPSA) is 32.3 Å². The van der Waals surface area contributed by atoms with E-state index in [1.807, 2.05) is 20.0 Å². The molecular formula is C12H19NO. The van der Waals surface area contributed by atoms with E-state index in [2.05, 4.69) is 18.3 Å². The lowest BCUT2D eigenvalue weighted by Gasteiger charge is -2.09. The molecule has 0 unspecified atom stereocenters. The van der Waals surface area contributed by atoms with Gasteiger partial charge in [-0.25, -0.2) is 0 Å². The number of rotatable bonds is 4. The van der Waals surface area contributed by atoms with Crippen molar-refractivity contribution in [3.63, 3.8) is 0 Å². The Kier molecular flexibility index (Phi) is 3.96. The second-order valence-electron chi connectivity index (χ2n) is 3.61. The zero-order chi connectivity index (χ0) is 10.6. The van der Waals surface area contributed by atoms with Crippen LogP contribution in [-0.4, -0.2) is 18.7 Å². The van der Waals surface area contributed by atoms with E-state index in [1.54, 1.807) is 0 Å². The lowest BCUT2D eigenvalue weighted by atomic mass is 10.00. The lowest BCUT2D eigenvalue weighted by Crippen LogP contribution is -2.11. The number of hydrogen-bond donors (Lipinski definition) is 2. The zero-order valence-electron chi connectivity index (χ0n) is 9.22. The Balaban J connectivity index is 2.92. The molecule has 0 radical (unpaired) electrons. The van der Waals surface area contributed by atoms with Gasteiger partial charge < -0.3 is 10.4 Å². The average Bonchev–Trinajstić information content (AvgIpc) is 2.17. The summed E-state index contributed by atoms with van der Waals surface area (Å²) in [7, 11) is 1.95. The molecule has 0 aliphatic carbocycles. The van der Waals surface area contributed by atoms with E-state index in [4.69, 9.17) is 0 Å². The van der Waals surface area contributed by atoms with Crippen LogP contribution in [0.2, 0.25) is 0 Å². The summed E-state index contributed by atoms with van der Waals surface area (Å²) in [6.07, 6.45) is 1.91. The Morgan fingerprint density at radius 1 is 1.29 bits per heavy atom. The monoisotopic (exact) mass is 193 g/mol. The van der Waals surface area contributed by atoms with Crippen LogP contribution in [0.5, 0.6) is 5.75 Å². The van der Waals surface area contributed by atoms with Crippen molar-refractivity contribution >= 4 is 0 Å². The van der Waals surface area contributed by atoms with Crippen LogP contribution in [0.4, 0.5) is 0 Å². The molecule has 2 N–H and O–H groups in total. The Morgan fingerprint density at radius 3 is 2.57 bits per heavy atom. The second-order valence-corrected chi connectivity index (χ2v) is 3.61. The fourth-order valence-corrected chi connectivity index (χ4v) is 1.60. The van der Waals surface area contributed by atoms with E-state index in [0.29, 0.717) is 5.75 Å². The minimum absolute atomic E-state index is 0.429. The van der Waals surface area contributed by atoms with Crippen molar-refractivity contribution < 1.29 is 5.11 Å². The molecule has 1 aromatic rings. The molecule has 78 valence electrons. The highest BCUT2D eigenvalue weighted by Crippen LogP contribution is 2.22. The molecule has 0 amide bonds.